The van der Waals surface area contributed by atoms with Crippen molar-refractivity contribution in [1.82, 2.24) is 25.5 Å². The smallest absolute Gasteiger partial charge is 0.262 e. The number of nitrogens with one attached hydrogen (secondary N) is 4. The van der Waals surface area contributed by atoms with E-state index in [0.29, 0.717) is 36.9 Å². The van der Waals surface area contributed by atoms with Gasteiger partial charge in [0.25, 0.3) is 11.8 Å². The molecule has 3 aliphatic heterocycles. The zero-order valence-electron chi connectivity index (χ0n) is 25.1. The summed E-state index contributed by atoms with van der Waals surface area (Å²) in [4.78, 5) is 62.6. The summed E-state index contributed by atoms with van der Waals surface area (Å²) in [6.07, 6.45) is 6.89. The Morgan fingerprint density at radius 1 is 1.07 bits per heavy atom. The number of hydrogen-bond donors (Lipinski definition) is 4. The number of carbonyl (C=O) groups excluding carboxylic acids is 4. The molecule has 46 heavy (non-hydrogen) atoms. The number of allylic oxidation sites excluding steroid dienone is 1. The highest BCUT2D eigenvalue weighted by Gasteiger charge is 2.44. The Hall–Kier alpha value is -5.17. The van der Waals surface area contributed by atoms with E-state index in [9.17, 15) is 19.2 Å². The van der Waals surface area contributed by atoms with Gasteiger partial charge in [-0.2, -0.15) is 0 Å². The summed E-state index contributed by atoms with van der Waals surface area (Å²) in [5.41, 5.74) is 5.16. The molecule has 2 saturated heterocycles. The van der Waals surface area contributed by atoms with Crippen LogP contribution in [-0.2, 0) is 14.3 Å². The lowest BCUT2D eigenvalue weighted by Gasteiger charge is -2.36. The SMILES string of the molecule is N=C/C(=C\NC1CC(CNc2ccc3c(c2)C(=O)N(C2CCC(=O)NC2=O)C3=O)C1)c1cnc2cccc(N3CCOCC3)c2n1. The van der Waals surface area contributed by atoms with Crippen molar-refractivity contribution in [2.24, 2.45) is 5.92 Å². The molecule has 1 saturated carbocycles. The molecular weight excluding hydrogens is 588 g/mol. The van der Waals surface area contributed by atoms with Gasteiger partial charge in [-0.25, -0.2) is 4.98 Å². The highest BCUT2D eigenvalue weighted by molar-refractivity contribution is 6.23. The number of piperidine rings is 1. The first kappa shape index (κ1) is 29.5. The third-order valence-electron chi connectivity index (χ3n) is 9.10. The second-order valence-electron chi connectivity index (χ2n) is 12.0. The van der Waals surface area contributed by atoms with Gasteiger partial charge < -0.3 is 25.7 Å². The van der Waals surface area contributed by atoms with Crippen LogP contribution in [0.2, 0.25) is 0 Å². The van der Waals surface area contributed by atoms with E-state index < -0.39 is 29.7 Å². The molecule has 1 aromatic heterocycles. The Morgan fingerprint density at radius 3 is 2.65 bits per heavy atom. The van der Waals surface area contributed by atoms with Crippen LogP contribution in [0.15, 0.2) is 48.8 Å². The van der Waals surface area contributed by atoms with Gasteiger partial charge in [-0.15, -0.1) is 0 Å². The van der Waals surface area contributed by atoms with E-state index in [1.807, 2.05) is 18.3 Å². The van der Waals surface area contributed by atoms with Gasteiger partial charge in [-0.1, -0.05) is 6.07 Å². The molecule has 13 nitrogen and oxygen atoms in total. The standard InChI is InChI=1S/C33H34N8O5/c34-15-20(26-18-37-25-2-1-3-27(30(25)38-26)40-8-10-46-11-9-40)17-36-22-12-19(13-22)16-35-21-4-5-23-24(14-21)33(45)41(32(23)44)28-6-7-29(42)39-31(28)43/h1-5,14-15,17-19,22,28,34-36H,6-13,16H2,(H,39,42,43)/b20-17+,34-15?. The molecule has 236 valence electrons. The topological polar surface area (TPSA) is 170 Å². The number of carbonyl (C=O) groups is 4. The van der Waals surface area contributed by atoms with E-state index in [1.54, 1.807) is 24.4 Å². The van der Waals surface area contributed by atoms with Crippen molar-refractivity contribution >= 4 is 57.8 Å². The molecule has 3 aromatic rings. The number of morpholine rings is 1. The summed E-state index contributed by atoms with van der Waals surface area (Å²) in [5, 5.41) is 17.0. The number of aromatic nitrogens is 2. The molecule has 13 heteroatoms. The average Bonchev–Trinajstić information content (AvgIpc) is 3.30. The minimum absolute atomic E-state index is 0.0834. The van der Waals surface area contributed by atoms with Gasteiger partial charge in [0.05, 0.1) is 47.4 Å². The van der Waals surface area contributed by atoms with Gasteiger partial charge in [-0.05, 0) is 55.5 Å². The van der Waals surface area contributed by atoms with Crippen LogP contribution in [0.4, 0.5) is 11.4 Å². The predicted molar refractivity (Wildman–Crippen MR) is 171 cm³/mol. The summed E-state index contributed by atoms with van der Waals surface area (Å²) in [6, 6.07) is 10.3. The number of benzene rings is 2. The molecule has 3 fully saturated rings. The number of fused-ring (bicyclic) bond motifs is 2. The summed E-state index contributed by atoms with van der Waals surface area (Å²) in [7, 11) is 0. The van der Waals surface area contributed by atoms with E-state index in [4.69, 9.17) is 15.1 Å². The maximum atomic E-state index is 13.1. The number of para-hydroxylation sites is 1. The lowest BCUT2D eigenvalue weighted by Crippen LogP contribution is -2.54. The number of amides is 4. The number of hydrogen-bond acceptors (Lipinski definition) is 11. The number of ether oxygens (including phenoxy) is 1. The first-order valence-electron chi connectivity index (χ1n) is 15.5. The highest BCUT2D eigenvalue weighted by Crippen LogP contribution is 2.32. The van der Waals surface area contributed by atoms with Crippen LogP contribution < -0.4 is 20.9 Å². The fourth-order valence-electron chi connectivity index (χ4n) is 6.50. The molecular formula is C33H34N8O5. The Morgan fingerprint density at radius 2 is 1.87 bits per heavy atom. The van der Waals surface area contributed by atoms with Gasteiger partial charge in [0.15, 0.2) is 0 Å². The van der Waals surface area contributed by atoms with Crippen molar-refractivity contribution < 1.29 is 23.9 Å². The van der Waals surface area contributed by atoms with Gasteiger partial charge in [-0.3, -0.25) is 34.4 Å². The van der Waals surface area contributed by atoms with Gasteiger partial charge in [0.2, 0.25) is 11.8 Å². The summed E-state index contributed by atoms with van der Waals surface area (Å²) >= 11 is 0. The summed E-state index contributed by atoms with van der Waals surface area (Å²) in [6.45, 7) is 3.64. The number of rotatable bonds is 9. The van der Waals surface area contributed by atoms with Crippen LogP contribution >= 0.6 is 0 Å². The lowest BCUT2D eigenvalue weighted by atomic mass is 9.80. The predicted octanol–water partition coefficient (Wildman–Crippen LogP) is 2.34. The maximum absolute atomic E-state index is 13.1. The molecule has 4 heterocycles. The number of nitrogens with zero attached hydrogens (tertiary/aromatic N) is 4. The molecule has 4 N–H and O–H groups in total. The second-order valence-corrected chi connectivity index (χ2v) is 12.0. The quantitative estimate of drug-likeness (QED) is 0.205. The van der Waals surface area contributed by atoms with E-state index in [1.165, 1.54) is 6.21 Å². The average molecular weight is 623 g/mol. The third kappa shape index (κ3) is 5.58. The van der Waals surface area contributed by atoms with Gasteiger partial charge >= 0.3 is 0 Å². The van der Waals surface area contributed by atoms with Crippen molar-refractivity contribution in [3.63, 3.8) is 0 Å². The Kier molecular flexibility index (Phi) is 7.91. The second kappa shape index (κ2) is 12.3. The first-order valence-corrected chi connectivity index (χ1v) is 15.5. The number of anilines is 2. The van der Waals surface area contributed by atoms with Crippen LogP contribution in [0.25, 0.3) is 16.6 Å². The van der Waals surface area contributed by atoms with Crippen LogP contribution in [0.3, 0.4) is 0 Å². The zero-order chi connectivity index (χ0) is 31.8. The molecule has 1 atom stereocenters. The van der Waals surface area contributed by atoms with Crippen molar-refractivity contribution in [2.75, 3.05) is 43.1 Å². The van der Waals surface area contributed by atoms with E-state index in [-0.39, 0.29) is 30.0 Å². The minimum atomic E-state index is -0.982. The molecule has 4 aliphatic rings. The van der Waals surface area contributed by atoms with Crippen LogP contribution in [0, 0.1) is 11.3 Å². The third-order valence-corrected chi connectivity index (χ3v) is 9.10. The Balaban J connectivity index is 0.944. The van der Waals surface area contributed by atoms with Crippen LogP contribution in [-0.4, -0.2) is 89.6 Å². The highest BCUT2D eigenvalue weighted by atomic mass is 16.5. The fraction of sp³-hybridized carbons (Fsp3) is 0.364. The molecule has 4 amide bonds. The van der Waals surface area contributed by atoms with Crippen molar-refractivity contribution in [1.29, 1.82) is 5.41 Å². The zero-order valence-corrected chi connectivity index (χ0v) is 25.1. The molecule has 0 bridgehead atoms. The maximum Gasteiger partial charge on any atom is 0.262 e. The Labute approximate surface area is 264 Å². The van der Waals surface area contributed by atoms with E-state index in [0.717, 1.165) is 53.2 Å². The summed E-state index contributed by atoms with van der Waals surface area (Å²) in [5.74, 6) is -1.66. The summed E-state index contributed by atoms with van der Waals surface area (Å²) < 4.78 is 5.51. The van der Waals surface area contributed by atoms with Gasteiger partial charge in [0, 0.05) is 55.8 Å². The van der Waals surface area contributed by atoms with Crippen LogP contribution in [0.5, 0.6) is 0 Å². The van der Waals surface area contributed by atoms with E-state index >= 15 is 0 Å². The first-order chi connectivity index (χ1) is 22.4. The molecule has 7 rings (SSSR count). The molecule has 0 spiro atoms. The lowest BCUT2D eigenvalue weighted by molar-refractivity contribution is -0.136. The Bertz CT molecular complexity index is 1780. The molecule has 0 radical (unpaired) electrons. The fourth-order valence-corrected chi connectivity index (χ4v) is 6.50. The van der Waals surface area contributed by atoms with E-state index in [2.05, 4.69) is 31.9 Å². The van der Waals surface area contributed by atoms with Crippen LogP contribution in [0.1, 0.15) is 52.1 Å². The minimum Gasteiger partial charge on any atom is -0.388 e. The molecule has 1 aliphatic carbocycles. The normalized spacial score (nSPS) is 23.2. The van der Waals surface area contributed by atoms with Crippen molar-refractivity contribution in [2.45, 2.75) is 37.8 Å². The van der Waals surface area contributed by atoms with Gasteiger partial charge in [0.1, 0.15) is 11.6 Å². The monoisotopic (exact) mass is 622 g/mol. The molecule has 1 unspecified atom stereocenters. The van der Waals surface area contributed by atoms with Crippen molar-refractivity contribution in [3.05, 3.63) is 65.6 Å². The largest absolute Gasteiger partial charge is 0.388 e. The van der Waals surface area contributed by atoms with Crippen molar-refractivity contribution in [3.8, 4) is 0 Å². The molecule has 2 aromatic carbocycles. The number of imide groups is 2.